The monoisotopic (exact) mass is 257 g/mol. The fourth-order valence-electron chi connectivity index (χ4n) is 2.07. The molecule has 100 valence electrons. The number of aryl methyl sites for hydroxylation is 1. The second-order valence-corrected chi connectivity index (χ2v) is 4.50. The molecule has 0 spiro atoms. The smallest absolute Gasteiger partial charge is 0.124 e. The van der Waals surface area contributed by atoms with Crippen LogP contribution in [0.4, 0.5) is 0 Å². The highest BCUT2D eigenvalue weighted by atomic mass is 16.5. The van der Waals surface area contributed by atoms with Crippen molar-refractivity contribution in [2.45, 2.75) is 13.0 Å². The summed E-state index contributed by atoms with van der Waals surface area (Å²) in [5.74, 6) is 1.65. The topological polar surface area (TPSA) is 44.5 Å². The molecule has 0 aliphatic heterocycles. The summed E-state index contributed by atoms with van der Waals surface area (Å²) in [5.41, 5.74) is 9.48. The van der Waals surface area contributed by atoms with Crippen molar-refractivity contribution >= 4 is 0 Å². The number of rotatable bonds is 4. The van der Waals surface area contributed by atoms with Gasteiger partial charge < -0.3 is 15.2 Å². The van der Waals surface area contributed by atoms with E-state index in [9.17, 15) is 0 Å². The summed E-state index contributed by atoms with van der Waals surface area (Å²) in [4.78, 5) is 0. The van der Waals surface area contributed by atoms with Crippen molar-refractivity contribution in [3.63, 3.8) is 0 Å². The first-order valence-corrected chi connectivity index (χ1v) is 6.19. The quantitative estimate of drug-likeness (QED) is 0.915. The predicted octanol–water partition coefficient (Wildman–Crippen LogP) is 3.06. The highest BCUT2D eigenvalue weighted by molar-refractivity contribution is 5.44. The van der Waals surface area contributed by atoms with Gasteiger partial charge in [-0.2, -0.15) is 0 Å². The third kappa shape index (κ3) is 2.88. The average molecular weight is 257 g/mol. The lowest BCUT2D eigenvalue weighted by Gasteiger charge is -2.17. The molecule has 0 bridgehead atoms. The molecule has 0 aliphatic rings. The normalized spacial score (nSPS) is 12.0. The summed E-state index contributed by atoms with van der Waals surface area (Å²) >= 11 is 0. The Balaban J connectivity index is 2.34. The third-order valence-electron chi connectivity index (χ3n) is 3.20. The number of benzene rings is 2. The van der Waals surface area contributed by atoms with Gasteiger partial charge in [0.15, 0.2) is 0 Å². The molecule has 2 N–H and O–H groups in total. The Hall–Kier alpha value is -2.00. The van der Waals surface area contributed by atoms with Crippen molar-refractivity contribution in [3.05, 3.63) is 59.2 Å². The minimum absolute atomic E-state index is 0.207. The summed E-state index contributed by atoms with van der Waals surface area (Å²) in [5, 5.41) is 0. The number of methoxy groups -OCH3 is 2. The van der Waals surface area contributed by atoms with Crippen LogP contribution in [0.1, 0.15) is 22.7 Å². The lowest BCUT2D eigenvalue weighted by Crippen LogP contribution is -2.13. The molecule has 0 heterocycles. The second kappa shape index (κ2) is 5.76. The maximum absolute atomic E-state index is 6.31. The molecule has 2 aromatic rings. The van der Waals surface area contributed by atoms with Crippen LogP contribution in [0.5, 0.6) is 11.5 Å². The largest absolute Gasteiger partial charge is 0.497 e. The van der Waals surface area contributed by atoms with E-state index in [0.29, 0.717) is 0 Å². The fraction of sp³-hybridized carbons (Fsp3) is 0.250. The molecule has 0 radical (unpaired) electrons. The van der Waals surface area contributed by atoms with Crippen LogP contribution in [-0.4, -0.2) is 14.2 Å². The number of hydrogen-bond acceptors (Lipinski definition) is 3. The van der Waals surface area contributed by atoms with Crippen LogP contribution in [0.25, 0.3) is 0 Å². The van der Waals surface area contributed by atoms with Crippen LogP contribution in [0.3, 0.4) is 0 Å². The molecule has 0 aromatic heterocycles. The van der Waals surface area contributed by atoms with E-state index in [4.69, 9.17) is 15.2 Å². The fourth-order valence-corrected chi connectivity index (χ4v) is 2.07. The van der Waals surface area contributed by atoms with E-state index in [1.807, 2.05) is 49.4 Å². The van der Waals surface area contributed by atoms with Gasteiger partial charge in [-0.3, -0.25) is 0 Å². The lowest BCUT2D eigenvalue weighted by molar-refractivity contribution is 0.407. The zero-order valence-corrected chi connectivity index (χ0v) is 11.5. The van der Waals surface area contributed by atoms with Crippen molar-refractivity contribution in [2.75, 3.05) is 14.2 Å². The third-order valence-corrected chi connectivity index (χ3v) is 3.20. The van der Waals surface area contributed by atoms with Gasteiger partial charge in [-0.1, -0.05) is 24.3 Å². The summed E-state index contributed by atoms with van der Waals surface area (Å²) < 4.78 is 10.6. The van der Waals surface area contributed by atoms with Crippen LogP contribution < -0.4 is 15.2 Å². The number of hydrogen-bond donors (Lipinski definition) is 1. The van der Waals surface area contributed by atoms with E-state index < -0.39 is 0 Å². The Labute approximate surface area is 114 Å². The summed E-state index contributed by atoms with van der Waals surface area (Å²) in [7, 11) is 3.32. The average Bonchev–Trinajstić information content (AvgIpc) is 2.46. The highest BCUT2D eigenvalue weighted by Crippen LogP contribution is 2.29. The van der Waals surface area contributed by atoms with Gasteiger partial charge in [0.05, 0.1) is 20.3 Å². The molecular weight excluding hydrogens is 238 g/mol. The van der Waals surface area contributed by atoms with Gasteiger partial charge in [-0.15, -0.1) is 0 Å². The van der Waals surface area contributed by atoms with Crippen LogP contribution in [-0.2, 0) is 0 Å². The minimum Gasteiger partial charge on any atom is -0.497 e. The molecular formula is C16H19NO2. The van der Waals surface area contributed by atoms with Gasteiger partial charge in [0.25, 0.3) is 0 Å². The first kappa shape index (κ1) is 13.4. The SMILES string of the molecule is COc1ccc(C(N)c2ccc(C)cc2OC)cc1. The lowest BCUT2D eigenvalue weighted by atomic mass is 9.97. The molecule has 3 nitrogen and oxygen atoms in total. The highest BCUT2D eigenvalue weighted by Gasteiger charge is 2.14. The van der Waals surface area contributed by atoms with Crippen molar-refractivity contribution in [2.24, 2.45) is 5.73 Å². The van der Waals surface area contributed by atoms with Crippen LogP contribution in [0.15, 0.2) is 42.5 Å². The standard InChI is InChI=1S/C16H19NO2/c1-11-4-9-14(15(10-11)19-3)16(17)12-5-7-13(18-2)8-6-12/h4-10,16H,17H2,1-3H3. The Bertz CT molecular complexity index is 549. The molecule has 0 aliphatic carbocycles. The van der Waals surface area contributed by atoms with Gasteiger partial charge in [0.2, 0.25) is 0 Å². The van der Waals surface area contributed by atoms with Crippen LogP contribution in [0, 0.1) is 6.92 Å². The van der Waals surface area contributed by atoms with Crippen molar-refractivity contribution < 1.29 is 9.47 Å². The first-order chi connectivity index (χ1) is 9.15. The summed E-state index contributed by atoms with van der Waals surface area (Å²) in [6, 6.07) is 13.6. The zero-order valence-electron chi connectivity index (χ0n) is 11.5. The Kier molecular flexibility index (Phi) is 4.07. The molecule has 0 saturated heterocycles. The van der Waals surface area contributed by atoms with Crippen LogP contribution in [0.2, 0.25) is 0 Å². The van der Waals surface area contributed by atoms with Crippen molar-refractivity contribution in [1.82, 2.24) is 0 Å². The van der Waals surface area contributed by atoms with Crippen LogP contribution >= 0.6 is 0 Å². The second-order valence-electron chi connectivity index (χ2n) is 4.50. The molecule has 0 fully saturated rings. The number of ether oxygens (including phenoxy) is 2. The van der Waals surface area contributed by atoms with E-state index in [2.05, 4.69) is 0 Å². The van der Waals surface area contributed by atoms with Crippen molar-refractivity contribution in [3.8, 4) is 11.5 Å². The Morgan fingerprint density at radius 2 is 1.63 bits per heavy atom. The molecule has 19 heavy (non-hydrogen) atoms. The predicted molar refractivity (Wildman–Crippen MR) is 76.8 cm³/mol. The van der Waals surface area contributed by atoms with Gasteiger partial charge >= 0.3 is 0 Å². The molecule has 2 rings (SSSR count). The molecule has 1 unspecified atom stereocenters. The molecule has 2 aromatic carbocycles. The summed E-state index contributed by atoms with van der Waals surface area (Å²) in [6.45, 7) is 2.03. The Morgan fingerprint density at radius 1 is 0.947 bits per heavy atom. The molecule has 0 amide bonds. The Morgan fingerprint density at radius 3 is 2.21 bits per heavy atom. The van der Waals surface area contributed by atoms with Gasteiger partial charge in [0, 0.05) is 5.56 Å². The van der Waals surface area contributed by atoms with E-state index >= 15 is 0 Å². The van der Waals surface area contributed by atoms with Gasteiger partial charge in [-0.05, 0) is 36.2 Å². The maximum atomic E-state index is 6.31. The minimum atomic E-state index is -0.207. The first-order valence-electron chi connectivity index (χ1n) is 6.19. The van der Waals surface area contributed by atoms with E-state index in [-0.39, 0.29) is 6.04 Å². The van der Waals surface area contributed by atoms with Gasteiger partial charge in [0.1, 0.15) is 11.5 Å². The number of nitrogens with two attached hydrogens (primary N) is 1. The van der Waals surface area contributed by atoms with Crippen molar-refractivity contribution in [1.29, 1.82) is 0 Å². The molecule has 1 atom stereocenters. The van der Waals surface area contributed by atoms with E-state index in [0.717, 1.165) is 28.2 Å². The molecule has 0 saturated carbocycles. The molecule has 3 heteroatoms. The van der Waals surface area contributed by atoms with Gasteiger partial charge in [-0.25, -0.2) is 0 Å². The zero-order chi connectivity index (χ0) is 13.8. The summed E-state index contributed by atoms with van der Waals surface area (Å²) in [6.07, 6.45) is 0. The maximum Gasteiger partial charge on any atom is 0.124 e. The van der Waals surface area contributed by atoms with E-state index in [1.54, 1.807) is 14.2 Å². The van der Waals surface area contributed by atoms with E-state index in [1.165, 1.54) is 0 Å².